The molecule has 138 valence electrons. The number of amides is 1. The van der Waals surface area contributed by atoms with Crippen molar-refractivity contribution in [3.8, 4) is 5.75 Å². The first kappa shape index (κ1) is 20.0. The van der Waals surface area contributed by atoms with Crippen molar-refractivity contribution in [1.29, 1.82) is 0 Å². The molecule has 0 atom stereocenters. The van der Waals surface area contributed by atoms with E-state index in [9.17, 15) is 13.2 Å². The van der Waals surface area contributed by atoms with Gasteiger partial charge in [-0.1, -0.05) is 36.4 Å². The maximum Gasteiger partial charge on any atom is 0.253 e. The zero-order chi connectivity index (χ0) is 19.3. The topological polar surface area (TPSA) is 89.7 Å². The monoisotopic (exact) mass is 394 g/mol. The summed E-state index contributed by atoms with van der Waals surface area (Å²) >= 11 is 5.84. The first-order chi connectivity index (χ1) is 12.2. The fourth-order valence-corrected chi connectivity index (χ4v) is 3.34. The number of nitrogens with two attached hydrogens (primary N) is 1. The summed E-state index contributed by atoms with van der Waals surface area (Å²) in [4.78, 5) is 13.8. The number of primary sulfonamides is 1. The third-order valence-corrected chi connectivity index (χ3v) is 4.93. The van der Waals surface area contributed by atoms with E-state index in [1.807, 2.05) is 12.1 Å². The summed E-state index contributed by atoms with van der Waals surface area (Å²) in [6, 6.07) is 11.3. The maximum absolute atomic E-state index is 12.6. The van der Waals surface area contributed by atoms with Crippen LogP contribution < -0.4 is 9.88 Å². The van der Waals surface area contributed by atoms with Gasteiger partial charge in [0.2, 0.25) is 10.0 Å². The van der Waals surface area contributed by atoms with Crippen molar-refractivity contribution in [1.82, 2.24) is 4.90 Å². The molecule has 0 aliphatic carbocycles. The Hall–Kier alpha value is -2.35. The third-order valence-electron chi connectivity index (χ3n) is 3.54. The molecule has 0 unspecified atom stereocenters. The molecule has 0 saturated heterocycles. The highest BCUT2D eigenvalue weighted by Crippen LogP contribution is 2.22. The van der Waals surface area contributed by atoms with Crippen LogP contribution in [0.15, 0.2) is 60.0 Å². The first-order valence-electron chi connectivity index (χ1n) is 7.63. The highest BCUT2D eigenvalue weighted by Gasteiger charge is 2.18. The zero-order valence-corrected chi connectivity index (χ0v) is 15.8. The van der Waals surface area contributed by atoms with Gasteiger partial charge >= 0.3 is 0 Å². The minimum atomic E-state index is -4.01. The molecule has 0 radical (unpaired) electrons. The van der Waals surface area contributed by atoms with Crippen LogP contribution in [0.5, 0.6) is 5.75 Å². The summed E-state index contributed by atoms with van der Waals surface area (Å²) in [7, 11) is -2.39. The molecule has 0 aliphatic rings. The van der Waals surface area contributed by atoms with E-state index < -0.39 is 10.0 Å². The van der Waals surface area contributed by atoms with Gasteiger partial charge in [-0.3, -0.25) is 4.79 Å². The van der Waals surface area contributed by atoms with Crippen molar-refractivity contribution in [3.63, 3.8) is 0 Å². The third kappa shape index (κ3) is 5.08. The van der Waals surface area contributed by atoms with Gasteiger partial charge in [0.15, 0.2) is 0 Å². The van der Waals surface area contributed by atoms with Crippen molar-refractivity contribution in [2.45, 2.75) is 11.4 Å². The fourth-order valence-electron chi connectivity index (χ4n) is 2.27. The van der Waals surface area contributed by atoms with Crippen LogP contribution in [0.3, 0.4) is 0 Å². The number of carbonyl (C=O) groups is 1. The number of nitrogens with zero attached hydrogens (tertiary/aromatic N) is 1. The molecular formula is C18H19ClN2O4S. The normalized spacial score (nSPS) is 11.0. The number of sulfonamides is 1. The number of halogens is 1. The van der Waals surface area contributed by atoms with Crippen LogP contribution >= 0.6 is 11.6 Å². The highest BCUT2D eigenvalue weighted by atomic mass is 35.5. The minimum Gasteiger partial charge on any atom is -0.490 e. The Morgan fingerprint density at radius 3 is 2.50 bits per heavy atom. The van der Waals surface area contributed by atoms with Gasteiger partial charge in [-0.2, -0.15) is 0 Å². The van der Waals surface area contributed by atoms with Gasteiger partial charge in [0.25, 0.3) is 5.91 Å². The second kappa shape index (κ2) is 8.35. The van der Waals surface area contributed by atoms with E-state index in [0.29, 0.717) is 18.9 Å². The molecule has 2 aromatic rings. The summed E-state index contributed by atoms with van der Waals surface area (Å²) in [5.74, 6) is 0.358. The summed E-state index contributed by atoms with van der Waals surface area (Å²) in [6.45, 7) is 4.34. The second-order valence-electron chi connectivity index (χ2n) is 5.60. The van der Waals surface area contributed by atoms with Gasteiger partial charge < -0.3 is 9.64 Å². The molecule has 0 bridgehead atoms. The zero-order valence-electron chi connectivity index (χ0n) is 14.2. The summed E-state index contributed by atoms with van der Waals surface area (Å²) in [5, 5.41) is 5.09. The van der Waals surface area contributed by atoms with E-state index >= 15 is 0 Å². The van der Waals surface area contributed by atoms with Crippen LogP contribution in [0.4, 0.5) is 0 Å². The standard InChI is InChI=1S/C18H19ClN2O4S/c1-3-10-25-15-7-4-13(5-8-15)12-21(2)18(22)14-6-9-16(19)17(11-14)26(20,23)24/h3-9,11H,1,10,12H2,2H3,(H2,20,23,24). The minimum absolute atomic E-state index is 0.0261. The molecule has 0 fully saturated rings. The van der Waals surface area contributed by atoms with Crippen molar-refractivity contribution in [3.05, 3.63) is 71.3 Å². The van der Waals surface area contributed by atoms with Crippen LogP contribution in [0.25, 0.3) is 0 Å². The lowest BCUT2D eigenvalue weighted by atomic mass is 10.1. The predicted molar refractivity (Wildman–Crippen MR) is 101 cm³/mol. The number of carbonyl (C=O) groups excluding carboxylic acids is 1. The molecule has 0 spiro atoms. The molecule has 0 aliphatic heterocycles. The van der Waals surface area contributed by atoms with Gasteiger partial charge in [0.1, 0.15) is 17.3 Å². The predicted octanol–water partition coefficient (Wildman–Crippen LogP) is 2.82. The molecule has 2 aromatic carbocycles. The molecular weight excluding hydrogens is 376 g/mol. The molecule has 2 N–H and O–H groups in total. The van der Waals surface area contributed by atoms with Crippen molar-refractivity contribution in [2.24, 2.45) is 5.14 Å². The van der Waals surface area contributed by atoms with Crippen LogP contribution in [0.2, 0.25) is 5.02 Å². The Morgan fingerprint density at radius 1 is 1.27 bits per heavy atom. The van der Waals surface area contributed by atoms with Crippen molar-refractivity contribution in [2.75, 3.05) is 13.7 Å². The Morgan fingerprint density at radius 2 is 1.92 bits per heavy atom. The molecule has 2 rings (SSSR count). The molecule has 0 heterocycles. The van der Waals surface area contributed by atoms with Crippen molar-refractivity contribution < 1.29 is 17.9 Å². The summed E-state index contributed by atoms with van der Waals surface area (Å²) in [5.41, 5.74) is 1.08. The Labute approximate surface area is 157 Å². The van der Waals surface area contributed by atoms with Crippen LogP contribution in [0.1, 0.15) is 15.9 Å². The number of benzene rings is 2. The van der Waals surface area contributed by atoms with Gasteiger partial charge in [-0.25, -0.2) is 13.6 Å². The Balaban J connectivity index is 2.13. The number of hydrogen-bond acceptors (Lipinski definition) is 4. The SMILES string of the molecule is C=CCOc1ccc(CN(C)C(=O)c2ccc(Cl)c(S(N)(=O)=O)c2)cc1. The lowest BCUT2D eigenvalue weighted by Crippen LogP contribution is -2.26. The number of ether oxygens (including phenoxy) is 1. The number of rotatable bonds is 7. The van der Waals surface area contributed by atoms with Crippen LogP contribution in [-0.2, 0) is 16.6 Å². The van der Waals surface area contributed by atoms with Gasteiger partial charge in [-0.05, 0) is 35.9 Å². The molecule has 6 nitrogen and oxygen atoms in total. The highest BCUT2D eigenvalue weighted by molar-refractivity contribution is 7.89. The Bertz CT molecular complexity index is 911. The van der Waals surface area contributed by atoms with E-state index in [2.05, 4.69) is 6.58 Å². The summed E-state index contributed by atoms with van der Waals surface area (Å²) < 4.78 is 28.5. The van der Waals surface area contributed by atoms with E-state index in [1.54, 1.807) is 25.3 Å². The molecule has 0 aromatic heterocycles. The molecule has 8 heteroatoms. The fraction of sp³-hybridized carbons (Fsp3) is 0.167. The summed E-state index contributed by atoms with van der Waals surface area (Å²) in [6.07, 6.45) is 1.66. The average Bonchev–Trinajstić information content (AvgIpc) is 2.60. The largest absolute Gasteiger partial charge is 0.490 e. The first-order valence-corrected chi connectivity index (χ1v) is 9.55. The average molecular weight is 395 g/mol. The van der Waals surface area contributed by atoms with Gasteiger partial charge in [0.05, 0.1) is 5.02 Å². The second-order valence-corrected chi connectivity index (χ2v) is 7.53. The van der Waals surface area contributed by atoms with Gasteiger partial charge in [0, 0.05) is 19.2 Å². The van der Waals surface area contributed by atoms with Gasteiger partial charge in [-0.15, -0.1) is 0 Å². The van der Waals surface area contributed by atoms with E-state index in [-0.39, 0.29) is 21.4 Å². The molecule has 1 amide bonds. The van der Waals surface area contributed by atoms with Crippen molar-refractivity contribution >= 4 is 27.5 Å². The maximum atomic E-state index is 12.6. The van der Waals surface area contributed by atoms with E-state index in [1.165, 1.54) is 23.1 Å². The van der Waals surface area contributed by atoms with Crippen LogP contribution in [0, 0.1) is 0 Å². The quantitative estimate of drug-likeness (QED) is 0.731. The molecule has 0 saturated carbocycles. The van der Waals surface area contributed by atoms with E-state index in [0.717, 1.165) is 5.56 Å². The lowest BCUT2D eigenvalue weighted by molar-refractivity contribution is 0.0785. The smallest absolute Gasteiger partial charge is 0.253 e. The van der Waals surface area contributed by atoms with E-state index in [4.69, 9.17) is 21.5 Å². The number of hydrogen-bond donors (Lipinski definition) is 1. The van der Waals surface area contributed by atoms with Crippen LogP contribution in [-0.4, -0.2) is 32.9 Å². The lowest BCUT2D eigenvalue weighted by Gasteiger charge is -2.18. The Kier molecular flexibility index (Phi) is 6.42. The molecule has 26 heavy (non-hydrogen) atoms.